The van der Waals surface area contributed by atoms with Gasteiger partial charge >= 0.3 is 0 Å². The van der Waals surface area contributed by atoms with Crippen molar-refractivity contribution in [3.63, 3.8) is 0 Å². The summed E-state index contributed by atoms with van der Waals surface area (Å²) >= 11 is 6.02. The minimum atomic E-state index is -3.47. The lowest BCUT2D eigenvalue weighted by atomic mass is 10.1. The van der Waals surface area contributed by atoms with Gasteiger partial charge in [0.15, 0.2) is 0 Å². The van der Waals surface area contributed by atoms with Crippen LogP contribution in [0.3, 0.4) is 0 Å². The number of rotatable bonds is 13. The number of hydrogen-bond donors (Lipinski definition) is 1. The average molecular weight is 548 g/mol. The molecule has 1 N–H and O–H groups in total. The minimum Gasteiger partial charge on any atom is -0.354 e. The molecule has 2 amide bonds. The van der Waals surface area contributed by atoms with E-state index >= 15 is 0 Å². The van der Waals surface area contributed by atoms with Crippen molar-refractivity contribution in [2.24, 2.45) is 0 Å². The van der Waals surface area contributed by atoms with E-state index in [9.17, 15) is 18.0 Å². The molecule has 1 atom stereocenters. The maximum atomic E-state index is 13.3. The highest BCUT2D eigenvalue weighted by atomic mass is 35.5. The predicted molar refractivity (Wildman–Crippen MR) is 147 cm³/mol. The summed E-state index contributed by atoms with van der Waals surface area (Å²) in [5, 5.41) is 3.56. The van der Waals surface area contributed by atoms with Gasteiger partial charge in [0.2, 0.25) is 21.8 Å². The fraction of sp³-hybridized carbons (Fsp3) is 0.500. The number of aryl methyl sites for hydroxylation is 1. The molecule has 2 aromatic rings. The zero-order valence-electron chi connectivity index (χ0n) is 21.8. The smallest absolute Gasteiger partial charge is 0.243 e. The average Bonchev–Trinajstić information content (AvgIpc) is 3.45. The Morgan fingerprint density at radius 1 is 1.00 bits per heavy atom. The molecule has 7 nitrogen and oxygen atoms in total. The second kappa shape index (κ2) is 13.9. The van der Waals surface area contributed by atoms with E-state index in [1.54, 1.807) is 48.2 Å². The highest BCUT2D eigenvalue weighted by Gasteiger charge is 2.28. The van der Waals surface area contributed by atoms with Crippen LogP contribution in [0.5, 0.6) is 0 Å². The summed E-state index contributed by atoms with van der Waals surface area (Å²) in [6.45, 7) is 5.87. The van der Waals surface area contributed by atoms with Crippen LogP contribution in [0.2, 0.25) is 5.02 Å². The number of carbonyl (C=O) groups is 2. The Bertz CT molecular complexity index is 1130. The van der Waals surface area contributed by atoms with Crippen molar-refractivity contribution in [1.29, 1.82) is 0 Å². The molecule has 1 saturated heterocycles. The first-order valence-electron chi connectivity index (χ1n) is 13.1. The molecule has 1 aliphatic heterocycles. The van der Waals surface area contributed by atoms with E-state index in [0.29, 0.717) is 37.6 Å². The molecule has 0 spiro atoms. The van der Waals surface area contributed by atoms with Gasteiger partial charge in [-0.25, -0.2) is 8.42 Å². The zero-order valence-corrected chi connectivity index (χ0v) is 23.4. The van der Waals surface area contributed by atoms with E-state index in [0.717, 1.165) is 43.2 Å². The van der Waals surface area contributed by atoms with Gasteiger partial charge in [0, 0.05) is 37.6 Å². The number of hydrogen-bond acceptors (Lipinski definition) is 4. The van der Waals surface area contributed by atoms with Gasteiger partial charge in [0.1, 0.15) is 6.04 Å². The first-order chi connectivity index (χ1) is 17.7. The minimum absolute atomic E-state index is 0.139. The van der Waals surface area contributed by atoms with Crippen LogP contribution >= 0.6 is 11.6 Å². The number of sulfonamides is 1. The lowest BCUT2D eigenvalue weighted by Gasteiger charge is -2.29. The molecule has 0 saturated carbocycles. The van der Waals surface area contributed by atoms with Gasteiger partial charge in [-0.3, -0.25) is 9.59 Å². The van der Waals surface area contributed by atoms with Crippen LogP contribution in [0.1, 0.15) is 63.5 Å². The van der Waals surface area contributed by atoms with Gasteiger partial charge < -0.3 is 10.2 Å². The molecule has 0 radical (unpaired) electrons. The largest absolute Gasteiger partial charge is 0.354 e. The van der Waals surface area contributed by atoms with Crippen LogP contribution in [0.25, 0.3) is 0 Å². The summed E-state index contributed by atoms with van der Waals surface area (Å²) in [7, 11) is -3.47. The number of halogens is 1. The molecule has 2 aromatic carbocycles. The topological polar surface area (TPSA) is 86.8 Å². The Morgan fingerprint density at radius 2 is 1.62 bits per heavy atom. The fourth-order valence-corrected chi connectivity index (χ4v) is 6.05. The molecule has 1 heterocycles. The number of amides is 2. The summed E-state index contributed by atoms with van der Waals surface area (Å²) in [5.74, 6) is -0.310. The summed E-state index contributed by atoms with van der Waals surface area (Å²) in [6, 6.07) is 13.4. The molecular weight excluding hydrogens is 510 g/mol. The van der Waals surface area contributed by atoms with Crippen molar-refractivity contribution in [2.75, 3.05) is 19.6 Å². The first kappa shape index (κ1) is 29.1. The van der Waals surface area contributed by atoms with E-state index in [1.165, 1.54) is 4.31 Å². The van der Waals surface area contributed by atoms with E-state index in [1.807, 2.05) is 12.1 Å². The Morgan fingerprint density at radius 3 is 2.24 bits per heavy atom. The Kier molecular flexibility index (Phi) is 11.0. The van der Waals surface area contributed by atoms with Crippen LogP contribution in [0.15, 0.2) is 53.4 Å². The SMILES string of the molecule is CCCCCNC(=O)[C@H](C)N(Cc1ccc(Cl)cc1)C(=O)CCc1ccc(S(=O)(=O)N2CCCC2)cc1. The zero-order chi connectivity index (χ0) is 26.8. The van der Waals surface area contributed by atoms with E-state index in [-0.39, 0.29) is 23.1 Å². The highest BCUT2D eigenvalue weighted by molar-refractivity contribution is 7.89. The van der Waals surface area contributed by atoms with Crippen molar-refractivity contribution in [3.8, 4) is 0 Å². The molecule has 9 heteroatoms. The monoisotopic (exact) mass is 547 g/mol. The molecule has 1 aliphatic rings. The van der Waals surface area contributed by atoms with Gasteiger partial charge in [0.05, 0.1) is 4.90 Å². The standard InChI is InChI=1S/C28H38ClN3O4S/c1-3-4-5-18-30-28(34)22(2)32(21-24-8-13-25(29)14-9-24)27(33)17-12-23-10-15-26(16-11-23)37(35,36)31-19-6-7-20-31/h8-11,13-16,22H,3-7,12,17-21H2,1-2H3,(H,30,34)/t22-/m0/s1. The van der Waals surface area contributed by atoms with Crippen LogP contribution in [-0.2, 0) is 32.6 Å². The Labute approximate surface area is 226 Å². The summed E-state index contributed by atoms with van der Waals surface area (Å²) < 4.78 is 27.1. The van der Waals surface area contributed by atoms with Crippen LogP contribution in [0.4, 0.5) is 0 Å². The second-order valence-corrected chi connectivity index (χ2v) is 12.0. The van der Waals surface area contributed by atoms with Gasteiger partial charge in [0.25, 0.3) is 0 Å². The van der Waals surface area contributed by atoms with Crippen LogP contribution < -0.4 is 5.32 Å². The number of unbranched alkanes of at least 4 members (excludes halogenated alkanes) is 2. The van der Waals surface area contributed by atoms with Crippen molar-refractivity contribution in [1.82, 2.24) is 14.5 Å². The Hall–Kier alpha value is -2.42. The van der Waals surface area contributed by atoms with Crippen LogP contribution in [-0.4, -0.2) is 55.1 Å². The van der Waals surface area contributed by atoms with Crippen molar-refractivity contribution >= 4 is 33.4 Å². The van der Waals surface area contributed by atoms with Gasteiger partial charge in [-0.05, 0) is 68.0 Å². The molecule has 0 aliphatic carbocycles. The normalized spacial score (nSPS) is 14.9. The molecule has 1 fully saturated rings. The third-order valence-electron chi connectivity index (χ3n) is 6.77. The molecule has 0 aromatic heterocycles. The molecule has 0 bridgehead atoms. The predicted octanol–water partition coefficient (Wildman–Crippen LogP) is 4.78. The lowest BCUT2D eigenvalue weighted by Crippen LogP contribution is -2.47. The van der Waals surface area contributed by atoms with Crippen molar-refractivity contribution < 1.29 is 18.0 Å². The summed E-state index contributed by atoms with van der Waals surface area (Å²) in [6.07, 6.45) is 5.45. The van der Waals surface area contributed by atoms with Crippen molar-refractivity contribution in [3.05, 3.63) is 64.7 Å². The number of carbonyl (C=O) groups excluding carboxylic acids is 2. The van der Waals surface area contributed by atoms with E-state index in [4.69, 9.17) is 11.6 Å². The molecule has 3 rings (SSSR count). The lowest BCUT2D eigenvalue weighted by molar-refractivity contribution is -0.140. The summed E-state index contributed by atoms with van der Waals surface area (Å²) in [5.41, 5.74) is 1.76. The molecular formula is C28H38ClN3O4S. The fourth-order valence-electron chi connectivity index (χ4n) is 4.40. The number of nitrogens with zero attached hydrogens (tertiary/aromatic N) is 2. The first-order valence-corrected chi connectivity index (χ1v) is 14.9. The maximum absolute atomic E-state index is 13.3. The molecule has 0 unspecified atom stereocenters. The Balaban J connectivity index is 1.66. The van der Waals surface area contributed by atoms with Crippen molar-refractivity contribution in [2.45, 2.75) is 76.3 Å². The van der Waals surface area contributed by atoms with Crippen LogP contribution in [0, 0.1) is 0 Å². The van der Waals surface area contributed by atoms with E-state index < -0.39 is 16.1 Å². The maximum Gasteiger partial charge on any atom is 0.243 e. The van der Waals surface area contributed by atoms with Gasteiger partial charge in [-0.15, -0.1) is 0 Å². The molecule has 37 heavy (non-hydrogen) atoms. The third kappa shape index (κ3) is 8.28. The highest BCUT2D eigenvalue weighted by Crippen LogP contribution is 2.22. The molecule has 202 valence electrons. The quantitative estimate of drug-likeness (QED) is 0.366. The van der Waals surface area contributed by atoms with Gasteiger partial charge in [-0.1, -0.05) is 55.6 Å². The third-order valence-corrected chi connectivity index (χ3v) is 8.93. The number of nitrogens with one attached hydrogen (secondary N) is 1. The second-order valence-electron chi connectivity index (χ2n) is 9.58. The van der Waals surface area contributed by atoms with E-state index in [2.05, 4.69) is 12.2 Å². The summed E-state index contributed by atoms with van der Waals surface area (Å²) in [4.78, 5) is 28.0. The van der Waals surface area contributed by atoms with Gasteiger partial charge in [-0.2, -0.15) is 4.31 Å². The number of benzene rings is 2.